The maximum Gasteiger partial charge on any atom is 0.351 e. The van der Waals surface area contributed by atoms with E-state index < -0.39 is 17.0 Å². The summed E-state index contributed by atoms with van der Waals surface area (Å²) in [5.41, 5.74) is 7.14. The summed E-state index contributed by atoms with van der Waals surface area (Å²) in [6.45, 7) is 3.27. The maximum absolute atomic E-state index is 11.9. The third kappa shape index (κ3) is 5.36. The van der Waals surface area contributed by atoms with Crippen molar-refractivity contribution in [2.24, 2.45) is 10.1 Å². The van der Waals surface area contributed by atoms with Gasteiger partial charge in [-0.15, -0.1) is 0 Å². The molecule has 1 aromatic rings. The van der Waals surface area contributed by atoms with E-state index in [1.54, 1.807) is 24.9 Å². The van der Waals surface area contributed by atoms with Crippen molar-refractivity contribution < 1.29 is 18.2 Å². The molecule has 0 fully saturated rings. The lowest BCUT2D eigenvalue weighted by Gasteiger charge is -2.09. The van der Waals surface area contributed by atoms with Crippen LogP contribution >= 0.6 is 11.8 Å². The first-order valence-electron chi connectivity index (χ1n) is 8.13. The summed E-state index contributed by atoms with van der Waals surface area (Å²) in [6, 6.07) is 1.99. The van der Waals surface area contributed by atoms with Crippen molar-refractivity contribution >= 4 is 34.6 Å². The second-order valence-corrected chi connectivity index (χ2v) is 7.93. The number of nitrogens with zero attached hydrogens (tertiary/aromatic N) is 2. The van der Waals surface area contributed by atoms with E-state index >= 15 is 0 Å². The van der Waals surface area contributed by atoms with Crippen LogP contribution in [0.3, 0.4) is 0 Å². The smallest absolute Gasteiger partial charge is 0.351 e. The van der Waals surface area contributed by atoms with Gasteiger partial charge in [-0.25, -0.2) is 9.00 Å². The van der Waals surface area contributed by atoms with Crippen LogP contribution in [0.4, 0.5) is 0 Å². The molecule has 1 unspecified atom stereocenters. The molecule has 1 aromatic heterocycles. The van der Waals surface area contributed by atoms with E-state index in [0.29, 0.717) is 6.54 Å². The van der Waals surface area contributed by atoms with Crippen LogP contribution in [-0.2, 0) is 32.8 Å². The predicted octanol–water partition coefficient (Wildman–Crippen LogP) is 0.973. The van der Waals surface area contributed by atoms with Crippen molar-refractivity contribution in [3.8, 4) is 0 Å². The van der Waals surface area contributed by atoms with Gasteiger partial charge in [-0.1, -0.05) is 0 Å². The van der Waals surface area contributed by atoms with E-state index in [4.69, 9.17) is 14.9 Å². The van der Waals surface area contributed by atoms with Gasteiger partial charge in [0.05, 0.1) is 18.6 Å². The first-order valence-corrected chi connectivity index (χ1v) is 10.4. The minimum Gasteiger partial charge on any atom is -0.468 e. The summed E-state index contributed by atoms with van der Waals surface area (Å²) < 4.78 is 26.2. The molecule has 0 amide bonds. The Bertz CT molecular complexity index is 728. The zero-order valence-corrected chi connectivity index (χ0v) is 16.7. The maximum atomic E-state index is 11.9. The summed E-state index contributed by atoms with van der Waals surface area (Å²) >= 11 is 1.70. The number of rotatable bonds is 9. The molecule has 0 spiro atoms. The van der Waals surface area contributed by atoms with Crippen LogP contribution in [0.15, 0.2) is 31.7 Å². The van der Waals surface area contributed by atoms with Gasteiger partial charge >= 0.3 is 5.97 Å². The molecule has 2 heterocycles. The van der Waals surface area contributed by atoms with E-state index in [1.807, 2.05) is 20.2 Å². The van der Waals surface area contributed by atoms with Crippen molar-refractivity contribution in [2.75, 3.05) is 33.0 Å². The predicted molar refractivity (Wildman–Crippen MR) is 104 cm³/mol. The Morgan fingerprint density at radius 3 is 2.96 bits per heavy atom. The Morgan fingerprint density at radius 1 is 1.50 bits per heavy atom. The second kappa shape index (κ2) is 9.79. The quantitative estimate of drug-likeness (QED) is 0.466. The fourth-order valence-electron chi connectivity index (χ4n) is 2.27. The summed E-state index contributed by atoms with van der Waals surface area (Å²) in [5, 5.41) is 3.02. The SMILES string of the molecule is CCOC(=O)C1=C(N)C(NCCSCc2occc2CN(C)C)=NS1=O. The van der Waals surface area contributed by atoms with Crippen LogP contribution in [0.2, 0.25) is 0 Å². The van der Waals surface area contributed by atoms with Crippen molar-refractivity contribution in [2.45, 2.75) is 19.2 Å². The van der Waals surface area contributed by atoms with Crippen molar-refractivity contribution in [3.63, 3.8) is 0 Å². The van der Waals surface area contributed by atoms with Crippen LogP contribution in [0.1, 0.15) is 18.2 Å². The molecule has 1 aliphatic heterocycles. The largest absolute Gasteiger partial charge is 0.468 e. The standard InChI is InChI=1S/C16H24N4O4S2/c1-4-23-16(21)14-13(17)15(19-26(14)22)18-6-8-25-10-12-11(5-7-24-12)9-20(2)3/h5,7H,4,6,8-10,17H2,1-3H3,(H,18,19). The molecule has 3 N–H and O–H groups in total. The molecule has 8 nitrogen and oxygen atoms in total. The summed E-state index contributed by atoms with van der Waals surface area (Å²) in [5.74, 6) is 2.08. The Labute approximate surface area is 159 Å². The third-order valence-corrected chi connectivity index (χ3v) is 5.45. The highest BCUT2D eigenvalue weighted by atomic mass is 32.2. The molecule has 26 heavy (non-hydrogen) atoms. The molecule has 10 heteroatoms. The molecule has 0 aliphatic carbocycles. The van der Waals surface area contributed by atoms with Crippen molar-refractivity contribution in [1.29, 1.82) is 0 Å². The number of hydrogen-bond acceptors (Lipinski definition) is 8. The van der Waals surface area contributed by atoms with E-state index in [9.17, 15) is 9.00 Å². The molecule has 144 valence electrons. The molecule has 2 rings (SSSR count). The molecule has 0 saturated heterocycles. The van der Waals surface area contributed by atoms with E-state index in [0.717, 1.165) is 23.8 Å². The molecule has 1 aliphatic rings. The van der Waals surface area contributed by atoms with Gasteiger partial charge in [0, 0.05) is 24.4 Å². The van der Waals surface area contributed by atoms with Crippen LogP contribution in [0, 0.1) is 0 Å². The number of carbonyl (C=O) groups excluding carboxylic acids is 1. The van der Waals surface area contributed by atoms with Crippen molar-refractivity contribution in [1.82, 2.24) is 10.2 Å². The Hall–Kier alpha value is -1.78. The highest BCUT2D eigenvalue weighted by Gasteiger charge is 2.30. The average Bonchev–Trinajstić information content (AvgIpc) is 3.11. The number of amidine groups is 1. The number of ether oxygens (including phenoxy) is 1. The van der Waals surface area contributed by atoms with E-state index in [-0.39, 0.29) is 23.0 Å². The minimum absolute atomic E-state index is 0.0890. The Morgan fingerprint density at radius 2 is 2.27 bits per heavy atom. The number of hydrogen-bond donors (Lipinski definition) is 2. The van der Waals surface area contributed by atoms with Gasteiger partial charge in [0.15, 0.2) is 21.7 Å². The number of nitrogens with two attached hydrogens (primary N) is 1. The van der Waals surface area contributed by atoms with Gasteiger partial charge in [-0.05, 0) is 27.1 Å². The zero-order chi connectivity index (χ0) is 19.1. The number of nitrogens with one attached hydrogen (secondary N) is 1. The fraction of sp³-hybridized carbons (Fsp3) is 0.500. The summed E-state index contributed by atoms with van der Waals surface area (Å²) in [7, 11) is 2.22. The normalized spacial score (nSPS) is 16.9. The molecular formula is C16H24N4O4S2. The second-order valence-electron chi connectivity index (χ2n) is 5.74. The van der Waals surface area contributed by atoms with E-state index in [2.05, 4.69) is 14.6 Å². The number of thioether (sulfide) groups is 1. The monoisotopic (exact) mass is 400 g/mol. The van der Waals surface area contributed by atoms with E-state index in [1.165, 1.54) is 5.56 Å². The molecule has 0 aromatic carbocycles. The van der Waals surface area contributed by atoms with Crippen LogP contribution in [0.25, 0.3) is 0 Å². The van der Waals surface area contributed by atoms with Crippen LogP contribution in [0.5, 0.6) is 0 Å². The lowest BCUT2D eigenvalue weighted by Crippen LogP contribution is -2.30. The summed E-state index contributed by atoms with van der Waals surface area (Å²) in [4.78, 5) is 13.8. The number of esters is 1. The molecule has 0 radical (unpaired) electrons. The minimum atomic E-state index is -1.81. The van der Waals surface area contributed by atoms with Gasteiger partial charge < -0.3 is 25.1 Å². The Balaban J connectivity index is 1.78. The topological polar surface area (TPSA) is 110 Å². The first-order chi connectivity index (χ1) is 12.4. The van der Waals surface area contributed by atoms with Crippen molar-refractivity contribution in [3.05, 3.63) is 34.3 Å². The number of carbonyl (C=O) groups is 1. The summed E-state index contributed by atoms with van der Waals surface area (Å²) in [6.07, 6.45) is 1.71. The first kappa shape index (κ1) is 20.5. The molecule has 1 atom stereocenters. The lowest BCUT2D eigenvalue weighted by molar-refractivity contribution is -0.137. The Kier molecular flexibility index (Phi) is 7.73. The lowest BCUT2D eigenvalue weighted by atomic mass is 10.2. The number of furan rings is 1. The molecule has 0 saturated carbocycles. The van der Waals surface area contributed by atoms with Crippen LogP contribution < -0.4 is 11.1 Å². The highest BCUT2D eigenvalue weighted by Crippen LogP contribution is 2.20. The van der Waals surface area contributed by atoms with Gasteiger partial charge in [0.25, 0.3) is 0 Å². The third-order valence-electron chi connectivity index (χ3n) is 3.41. The average molecular weight is 401 g/mol. The molecule has 0 bridgehead atoms. The van der Waals surface area contributed by atoms with Gasteiger partial charge in [0.2, 0.25) is 0 Å². The van der Waals surface area contributed by atoms with Crippen LogP contribution in [-0.4, -0.2) is 53.9 Å². The highest BCUT2D eigenvalue weighted by molar-refractivity contribution is 7.98. The van der Waals surface area contributed by atoms with Gasteiger partial charge in [0.1, 0.15) is 11.5 Å². The molecular weight excluding hydrogens is 376 g/mol. The van der Waals surface area contributed by atoms with Gasteiger partial charge in [-0.2, -0.15) is 16.2 Å². The zero-order valence-electron chi connectivity index (χ0n) is 15.1. The van der Waals surface area contributed by atoms with Gasteiger partial charge in [-0.3, -0.25) is 0 Å². The fourth-order valence-corrected chi connectivity index (χ4v) is 4.00.